The lowest BCUT2D eigenvalue weighted by atomic mass is 10.1. The molecule has 0 N–H and O–H groups in total. The Hall–Kier alpha value is -4.37. The molecule has 4 aromatic carbocycles. The van der Waals surface area contributed by atoms with Crippen LogP contribution in [-0.4, -0.2) is 32.8 Å². The third-order valence-corrected chi connectivity index (χ3v) is 7.47. The Morgan fingerprint density at radius 2 is 1.59 bits per heavy atom. The van der Waals surface area contributed by atoms with Crippen LogP contribution in [0.1, 0.15) is 29.1 Å². The summed E-state index contributed by atoms with van der Waals surface area (Å²) in [6.45, 7) is 4.56. The molecule has 198 valence electrons. The van der Waals surface area contributed by atoms with Gasteiger partial charge in [-0.15, -0.1) is 10.2 Å². The zero-order valence-corrected chi connectivity index (χ0v) is 22.5. The second kappa shape index (κ2) is 12.0. The van der Waals surface area contributed by atoms with Crippen LogP contribution in [0.15, 0.2) is 96.2 Å². The van der Waals surface area contributed by atoms with Gasteiger partial charge in [0.15, 0.2) is 5.16 Å². The molecule has 0 spiro atoms. The summed E-state index contributed by atoms with van der Waals surface area (Å²) >= 11 is 1.32. The van der Waals surface area contributed by atoms with Crippen molar-refractivity contribution in [2.75, 3.05) is 13.2 Å². The minimum atomic E-state index is -0.461. The van der Waals surface area contributed by atoms with Crippen LogP contribution >= 0.6 is 11.8 Å². The maximum absolute atomic E-state index is 11.6. The van der Waals surface area contributed by atoms with Crippen molar-refractivity contribution in [3.8, 4) is 17.2 Å². The van der Waals surface area contributed by atoms with Gasteiger partial charge in [-0.05, 0) is 72.1 Å². The summed E-state index contributed by atoms with van der Waals surface area (Å²) in [6.07, 6.45) is 0. The summed E-state index contributed by atoms with van der Waals surface area (Å²) in [5, 5.41) is 22.6. The van der Waals surface area contributed by atoms with Crippen molar-refractivity contribution in [1.29, 1.82) is 0 Å². The highest BCUT2D eigenvalue weighted by Gasteiger charge is 2.24. The monoisotopic (exact) mass is 540 g/mol. The fraction of sp³-hybridized carbons (Fsp3) is 0.200. The predicted molar refractivity (Wildman–Crippen MR) is 152 cm³/mol. The van der Waals surface area contributed by atoms with Crippen LogP contribution in [0.4, 0.5) is 0 Å². The van der Waals surface area contributed by atoms with Crippen LogP contribution in [0, 0.1) is 17.0 Å². The normalized spacial score (nSPS) is 11.8. The molecule has 0 aliphatic heterocycles. The molecule has 0 saturated heterocycles. The number of aryl methyl sites for hydroxylation is 1. The van der Waals surface area contributed by atoms with Gasteiger partial charge in [-0.1, -0.05) is 66.4 Å². The molecule has 0 fully saturated rings. The van der Waals surface area contributed by atoms with Gasteiger partial charge in [-0.25, -0.2) is 0 Å². The van der Waals surface area contributed by atoms with Gasteiger partial charge in [0.05, 0.1) is 6.61 Å². The molecular formula is C30H28N4O4S. The first-order valence-corrected chi connectivity index (χ1v) is 13.5. The number of hydrogen-bond donors (Lipinski definition) is 0. The number of aromatic nitrogens is 3. The van der Waals surface area contributed by atoms with Gasteiger partial charge < -0.3 is 9.47 Å². The number of rotatable bonds is 11. The molecule has 1 heterocycles. The summed E-state index contributed by atoms with van der Waals surface area (Å²) in [4.78, 5) is 11.3. The quantitative estimate of drug-likeness (QED) is 0.103. The smallest absolute Gasteiger partial charge is 0.220 e. The van der Waals surface area contributed by atoms with Crippen molar-refractivity contribution in [3.63, 3.8) is 0 Å². The number of hydrogen-bond acceptors (Lipinski definition) is 7. The molecule has 1 aromatic heterocycles. The van der Waals surface area contributed by atoms with Crippen molar-refractivity contribution in [3.05, 3.63) is 118 Å². The van der Waals surface area contributed by atoms with Gasteiger partial charge in [0.25, 0.3) is 0 Å². The average molecular weight is 541 g/mol. The Morgan fingerprint density at radius 1 is 0.897 bits per heavy atom. The molecule has 0 bridgehead atoms. The highest BCUT2D eigenvalue weighted by Crippen LogP contribution is 2.37. The zero-order valence-electron chi connectivity index (χ0n) is 21.7. The summed E-state index contributed by atoms with van der Waals surface area (Å²) < 4.78 is 13.5. The van der Waals surface area contributed by atoms with E-state index in [1.807, 2.05) is 85.1 Å². The summed E-state index contributed by atoms with van der Waals surface area (Å²) in [5.74, 6) is 2.17. The number of benzene rings is 4. The van der Waals surface area contributed by atoms with Crippen molar-refractivity contribution in [2.24, 2.45) is 0 Å². The molecule has 1 atom stereocenters. The minimum absolute atomic E-state index is 0.254. The number of fused-ring (bicyclic) bond motifs is 1. The van der Waals surface area contributed by atoms with Gasteiger partial charge in [0.1, 0.15) is 29.2 Å². The van der Waals surface area contributed by atoms with E-state index in [4.69, 9.17) is 9.47 Å². The average Bonchev–Trinajstić information content (AvgIpc) is 3.31. The summed E-state index contributed by atoms with van der Waals surface area (Å²) in [6, 6.07) is 29.5. The Kier molecular flexibility index (Phi) is 8.07. The molecule has 0 aliphatic rings. The molecule has 8 nitrogen and oxygen atoms in total. The van der Waals surface area contributed by atoms with Crippen molar-refractivity contribution in [1.82, 2.24) is 14.8 Å². The molecule has 0 amide bonds. The maximum atomic E-state index is 11.6. The van der Waals surface area contributed by atoms with Gasteiger partial charge in [0, 0.05) is 10.6 Å². The molecule has 0 radical (unpaired) electrons. The van der Waals surface area contributed by atoms with Gasteiger partial charge >= 0.3 is 0 Å². The number of nitrogens with zero attached hydrogens (tertiary/aromatic N) is 4. The predicted octanol–water partition coefficient (Wildman–Crippen LogP) is 6.82. The molecule has 0 unspecified atom stereocenters. The standard InChI is InChI=1S/C30H28N4O4S/c1-3-37-26-17-13-25(14-18-26)34-21(2)31-32-30(34)39-29(19-33(35)36)23-11-15-27(16-12-23)38-20-24-9-6-8-22-7-4-5-10-28(22)24/h4-18,29H,3,19-20H2,1-2H3/t29-/m0/s1. The van der Waals surface area contributed by atoms with Crippen molar-refractivity contribution >= 4 is 22.5 Å². The van der Waals surface area contributed by atoms with Gasteiger partial charge in [-0.2, -0.15) is 0 Å². The molecule has 0 aliphatic carbocycles. The van der Waals surface area contributed by atoms with E-state index in [9.17, 15) is 10.1 Å². The number of thioether (sulfide) groups is 1. The fourth-order valence-corrected chi connectivity index (χ4v) is 5.58. The molecule has 5 aromatic rings. The first kappa shape index (κ1) is 26.2. The first-order chi connectivity index (χ1) is 19.0. The third kappa shape index (κ3) is 6.21. The summed E-state index contributed by atoms with van der Waals surface area (Å²) in [7, 11) is 0. The van der Waals surface area contributed by atoms with Crippen LogP contribution < -0.4 is 9.47 Å². The molecular weight excluding hydrogens is 512 g/mol. The second-order valence-corrected chi connectivity index (χ2v) is 10.1. The van der Waals surface area contributed by atoms with E-state index in [1.54, 1.807) is 0 Å². The maximum Gasteiger partial charge on any atom is 0.220 e. The Bertz CT molecular complexity index is 1560. The van der Waals surface area contributed by atoms with Gasteiger partial charge in [0.2, 0.25) is 6.54 Å². The van der Waals surface area contributed by atoms with E-state index >= 15 is 0 Å². The minimum Gasteiger partial charge on any atom is -0.494 e. The van der Waals surface area contributed by atoms with Crippen LogP contribution in [0.3, 0.4) is 0 Å². The van der Waals surface area contributed by atoms with Gasteiger partial charge in [-0.3, -0.25) is 14.7 Å². The third-order valence-electron chi connectivity index (χ3n) is 6.29. The summed E-state index contributed by atoms with van der Waals surface area (Å²) in [5.41, 5.74) is 2.77. The van der Waals surface area contributed by atoms with Crippen molar-refractivity contribution < 1.29 is 14.4 Å². The van der Waals surface area contributed by atoms with E-state index in [-0.39, 0.29) is 11.5 Å². The fourth-order valence-electron chi connectivity index (χ4n) is 4.41. The van der Waals surface area contributed by atoms with E-state index in [0.717, 1.165) is 28.0 Å². The largest absolute Gasteiger partial charge is 0.494 e. The molecule has 9 heteroatoms. The zero-order chi connectivity index (χ0) is 27.2. The lowest BCUT2D eigenvalue weighted by molar-refractivity contribution is -0.479. The van der Waals surface area contributed by atoms with E-state index in [2.05, 4.69) is 34.5 Å². The SMILES string of the molecule is CCOc1ccc(-n2c(C)nnc2S[C@@H](C[N+](=O)[O-])c2ccc(OCc3cccc4ccccc34)cc2)cc1. The number of nitro groups is 1. The van der Waals surface area contributed by atoms with E-state index < -0.39 is 5.25 Å². The molecule has 5 rings (SSSR count). The van der Waals surface area contributed by atoms with Crippen molar-refractivity contribution in [2.45, 2.75) is 30.9 Å². The van der Waals surface area contributed by atoms with Crippen LogP contribution in [-0.2, 0) is 6.61 Å². The molecule has 0 saturated carbocycles. The lowest BCUT2D eigenvalue weighted by Crippen LogP contribution is -2.11. The Morgan fingerprint density at radius 3 is 2.33 bits per heavy atom. The van der Waals surface area contributed by atoms with E-state index in [1.165, 1.54) is 17.1 Å². The lowest BCUT2D eigenvalue weighted by Gasteiger charge is -2.15. The first-order valence-electron chi connectivity index (χ1n) is 12.6. The highest BCUT2D eigenvalue weighted by molar-refractivity contribution is 7.99. The highest BCUT2D eigenvalue weighted by atomic mass is 32.2. The van der Waals surface area contributed by atoms with Crippen LogP contribution in [0.25, 0.3) is 16.5 Å². The van der Waals surface area contributed by atoms with Crippen LogP contribution in [0.5, 0.6) is 11.5 Å². The van der Waals surface area contributed by atoms with E-state index in [0.29, 0.717) is 29.9 Å². The second-order valence-electron chi connectivity index (χ2n) is 8.91. The topological polar surface area (TPSA) is 92.3 Å². The number of ether oxygens (including phenoxy) is 2. The molecule has 39 heavy (non-hydrogen) atoms. The Balaban J connectivity index is 1.33. The van der Waals surface area contributed by atoms with Crippen LogP contribution in [0.2, 0.25) is 0 Å². The Labute approximate surface area is 230 Å².